The Kier molecular flexibility index (Phi) is 5.24. The molecule has 1 aromatic rings. The molecule has 0 aliphatic carbocycles. The first kappa shape index (κ1) is 17.0. The molecule has 1 saturated heterocycles. The summed E-state index contributed by atoms with van der Waals surface area (Å²) in [6.07, 6.45) is 2.58. The van der Waals surface area contributed by atoms with Gasteiger partial charge in [-0.3, -0.25) is 0 Å². The summed E-state index contributed by atoms with van der Waals surface area (Å²) in [7, 11) is -3.54. The molecule has 0 unspecified atom stereocenters. The number of piperidine rings is 1. The first-order valence-electron chi connectivity index (χ1n) is 7.64. The molecule has 0 radical (unpaired) electrons. The van der Waals surface area contributed by atoms with Crippen LogP contribution in [0.15, 0.2) is 23.1 Å². The molecule has 0 aromatic heterocycles. The van der Waals surface area contributed by atoms with Crippen LogP contribution in [0.2, 0.25) is 0 Å². The number of carbonyl (C=O) groups excluding carboxylic acids is 1. The zero-order valence-electron chi connectivity index (χ0n) is 13.3. The van der Waals surface area contributed by atoms with Crippen LogP contribution in [0, 0.1) is 6.92 Å². The van der Waals surface area contributed by atoms with Gasteiger partial charge >= 0.3 is 5.97 Å². The number of ether oxygens (including phenoxy) is 1. The van der Waals surface area contributed by atoms with E-state index in [4.69, 9.17) is 4.74 Å². The first-order valence-corrected chi connectivity index (χ1v) is 9.08. The number of nitrogens with zero attached hydrogens (tertiary/aromatic N) is 1. The van der Waals surface area contributed by atoms with Gasteiger partial charge in [0.25, 0.3) is 0 Å². The number of sulfonamides is 1. The Balaban J connectivity index is 2.34. The number of esters is 1. The second kappa shape index (κ2) is 6.79. The molecule has 1 aliphatic heterocycles. The lowest BCUT2D eigenvalue weighted by atomic mass is 10.1. The molecule has 6 heteroatoms. The maximum atomic E-state index is 12.7. The summed E-state index contributed by atoms with van der Waals surface area (Å²) < 4.78 is 32.0. The van der Waals surface area contributed by atoms with Crippen LogP contribution < -0.4 is 0 Å². The predicted octanol–water partition coefficient (Wildman–Crippen LogP) is 2.73. The van der Waals surface area contributed by atoms with Gasteiger partial charge < -0.3 is 4.74 Å². The summed E-state index contributed by atoms with van der Waals surface area (Å²) in [5.74, 6) is -0.483. The SMILES string of the molecule is Cc1ccc(S(=O)(=O)N2CCCCC2)cc1C(=O)OC(C)C. The second-order valence-electron chi connectivity index (χ2n) is 5.90. The van der Waals surface area contributed by atoms with Crippen LogP contribution in [-0.4, -0.2) is 37.9 Å². The van der Waals surface area contributed by atoms with E-state index in [1.165, 1.54) is 10.4 Å². The summed E-state index contributed by atoms with van der Waals surface area (Å²) in [5.41, 5.74) is 1.02. The van der Waals surface area contributed by atoms with Crippen molar-refractivity contribution in [2.24, 2.45) is 0 Å². The predicted molar refractivity (Wildman–Crippen MR) is 84.3 cm³/mol. The average molecular weight is 325 g/mol. The highest BCUT2D eigenvalue weighted by Gasteiger charge is 2.27. The van der Waals surface area contributed by atoms with E-state index in [0.717, 1.165) is 19.3 Å². The Morgan fingerprint density at radius 3 is 2.41 bits per heavy atom. The fourth-order valence-electron chi connectivity index (χ4n) is 2.51. The maximum Gasteiger partial charge on any atom is 0.338 e. The Morgan fingerprint density at radius 1 is 1.18 bits per heavy atom. The Morgan fingerprint density at radius 2 is 1.82 bits per heavy atom. The summed E-state index contributed by atoms with van der Waals surface area (Å²) in [6.45, 7) is 6.39. The molecule has 122 valence electrons. The quantitative estimate of drug-likeness (QED) is 0.799. The van der Waals surface area contributed by atoms with Crippen LogP contribution in [0.5, 0.6) is 0 Å². The molecule has 1 fully saturated rings. The highest BCUT2D eigenvalue weighted by Crippen LogP contribution is 2.23. The van der Waals surface area contributed by atoms with Gasteiger partial charge in [0, 0.05) is 13.1 Å². The van der Waals surface area contributed by atoms with E-state index in [2.05, 4.69) is 0 Å². The van der Waals surface area contributed by atoms with Gasteiger partial charge in [-0.2, -0.15) is 4.31 Å². The van der Waals surface area contributed by atoms with E-state index >= 15 is 0 Å². The number of rotatable bonds is 4. The number of carbonyl (C=O) groups is 1. The van der Waals surface area contributed by atoms with Gasteiger partial charge in [0.2, 0.25) is 10.0 Å². The van der Waals surface area contributed by atoms with Crippen LogP contribution >= 0.6 is 0 Å². The Labute approximate surface area is 132 Å². The maximum absolute atomic E-state index is 12.7. The fourth-order valence-corrected chi connectivity index (χ4v) is 4.06. The standard InChI is InChI=1S/C16H23NO4S/c1-12(2)21-16(18)15-11-14(8-7-13(15)3)22(19,20)17-9-5-4-6-10-17/h7-8,11-12H,4-6,9-10H2,1-3H3. The highest BCUT2D eigenvalue weighted by molar-refractivity contribution is 7.89. The van der Waals surface area contributed by atoms with Crippen molar-refractivity contribution in [2.45, 2.75) is 51.0 Å². The van der Waals surface area contributed by atoms with Crippen molar-refractivity contribution in [1.29, 1.82) is 0 Å². The smallest absolute Gasteiger partial charge is 0.338 e. The molecule has 0 atom stereocenters. The third kappa shape index (κ3) is 3.67. The molecule has 0 N–H and O–H groups in total. The van der Waals surface area contributed by atoms with E-state index < -0.39 is 16.0 Å². The molecule has 2 rings (SSSR count). The van der Waals surface area contributed by atoms with Crippen molar-refractivity contribution in [2.75, 3.05) is 13.1 Å². The highest BCUT2D eigenvalue weighted by atomic mass is 32.2. The molecular formula is C16H23NO4S. The molecule has 0 amide bonds. The van der Waals surface area contributed by atoms with E-state index in [-0.39, 0.29) is 11.0 Å². The molecule has 0 saturated carbocycles. The van der Waals surface area contributed by atoms with Crippen molar-refractivity contribution < 1.29 is 17.9 Å². The van der Waals surface area contributed by atoms with Crippen LogP contribution in [-0.2, 0) is 14.8 Å². The average Bonchev–Trinajstić information content (AvgIpc) is 2.47. The summed E-state index contributed by atoms with van der Waals surface area (Å²) in [4.78, 5) is 12.3. The molecule has 22 heavy (non-hydrogen) atoms. The number of hydrogen-bond donors (Lipinski definition) is 0. The van der Waals surface area contributed by atoms with Crippen molar-refractivity contribution >= 4 is 16.0 Å². The normalized spacial score (nSPS) is 16.7. The van der Waals surface area contributed by atoms with Crippen molar-refractivity contribution in [3.63, 3.8) is 0 Å². The molecule has 1 aliphatic rings. The van der Waals surface area contributed by atoms with E-state index in [1.807, 2.05) is 0 Å². The number of hydrogen-bond acceptors (Lipinski definition) is 4. The first-order chi connectivity index (χ1) is 10.3. The van der Waals surface area contributed by atoms with E-state index in [9.17, 15) is 13.2 Å². The van der Waals surface area contributed by atoms with Gasteiger partial charge in [0.1, 0.15) is 0 Å². The monoisotopic (exact) mass is 325 g/mol. The van der Waals surface area contributed by atoms with Crippen molar-refractivity contribution in [1.82, 2.24) is 4.31 Å². The topological polar surface area (TPSA) is 63.7 Å². The third-order valence-electron chi connectivity index (χ3n) is 3.72. The minimum Gasteiger partial charge on any atom is -0.459 e. The van der Waals surface area contributed by atoms with Crippen LogP contribution in [0.3, 0.4) is 0 Å². The Hall–Kier alpha value is -1.40. The van der Waals surface area contributed by atoms with Crippen LogP contribution in [0.1, 0.15) is 49.0 Å². The van der Waals surface area contributed by atoms with Crippen LogP contribution in [0.4, 0.5) is 0 Å². The number of benzene rings is 1. The van der Waals surface area contributed by atoms with Crippen LogP contribution in [0.25, 0.3) is 0 Å². The lowest BCUT2D eigenvalue weighted by Gasteiger charge is -2.26. The molecule has 0 bridgehead atoms. The van der Waals surface area contributed by atoms with Gasteiger partial charge in [0.05, 0.1) is 16.6 Å². The summed E-state index contributed by atoms with van der Waals surface area (Å²) in [5, 5.41) is 0. The van der Waals surface area contributed by atoms with E-state index in [0.29, 0.717) is 24.2 Å². The van der Waals surface area contributed by atoms with Gasteiger partial charge in [-0.1, -0.05) is 12.5 Å². The van der Waals surface area contributed by atoms with Crippen molar-refractivity contribution in [3.05, 3.63) is 29.3 Å². The van der Waals surface area contributed by atoms with Gasteiger partial charge in [-0.15, -0.1) is 0 Å². The lowest BCUT2D eigenvalue weighted by molar-refractivity contribution is 0.0377. The molecule has 1 heterocycles. The minimum atomic E-state index is -3.54. The summed E-state index contributed by atoms with van der Waals surface area (Å²) >= 11 is 0. The van der Waals surface area contributed by atoms with Gasteiger partial charge in [-0.05, 0) is 51.3 Å². The molecule has 1 aromatic carbocycles. The largest absolute Gasteiger partial charge is 0.459 e. The molecule has 5 nitrogen and oxygen atoms in total. The van der Waals surface area contributed by atoms with E-state index in [1.54, 1.807) is 32.9 Å². The fraction of sp³-hybridized carbons (Fsp3) is 0.562. The lowest BCUT2D eigenvalue weighted by Crippen LogP contribution is -2.35. The zero-order valence-corrected chi connectivity index (χ0v) is 14.1. The minimum absolute atomic E-state index is 0.163. The second-order valence-corrected chi connectivity index (χ2v) is 7.83. The number of aryl methyl sites for hydroxylation is 1. The zero-order chi connectivity index (χ0) is 16.3. The summed E-state index contributed by atoms with van der Waals surface area (Å²) in [6, 6.07) is 4.66. The third-order valence-corrected chi connectivity index (χ3v) is 5.62. The Bertz CT molecular complexity index is 646. The molecule has 0 spiro atoms. The molecular weight excluding hydrogens is 302 g/mol. The van der Waals surface area contributed by atoms with Gasteiger partial charge in [-0.25, -0.2) is 13.2 Å². The van der Waals surface area contributed by atoms with Crippen molar-refractivity contribution in [3.8, 4) is 0 Å². The van der Waals surface area contributed by atoms with Gasteiger partial charge in [0.15, 0.2) is 0 Å².